The number of furan rings is 1. The van der Waals surface area contributed by atoms with E-state index in [1.54, 1.807) is 18.2 Å². The predicted octanol–water partition coefficient (Wildman–Crippen LogP) is 3.80. The molecule has 0 radical (unpaired) electrons. The molecule has 0 unspecified atom stereocenters. The number of amides is 1. The van der Waals surface area contributed by atoms with Gasteiger partial charge in [-0.1, -0.05) is 6.07 Å². The molecule has 1 aliphatic rings. The zero-order chi connectivity index (χ0) is 19.5. The van der Waals surface area contributed by atoms with E-state index in [0.29, 0.717) is 17.3 Å². The highest BCUT2D eigenvalue weighted by molar-refractivity contribution is 5.91. The lowest BCUT2D eigenvalue weighted by Gasteiger charge is -2.06. The number of halogens is 2. The van der Waals surface area contributed by atoms with Crippen LogP contribution in [-0.2, 0) is 13.2 Å². The number of hydrogen-bond acceptors (Lipinski definition) is 5. The summed E-state index contributed by atoms with van der Waals surface area (Å²) in [6.07, 6.45) is 0. The van der Waals surface area contributed by atoms with Gasteiger partial charge in [-0.05, 0) is 42.0 Å². The van der Waals surface area contributed by atoms with Crippen LogP contribution in [0.4, 0.5) is 8.78 Å². The molecule has 2 heterocycles. The van der Waals surface area contributed by atoms with Crippen LogP contribution >= 0.6 is 0 Å². The van der Waals surface area contributed by atoms with Crippen molar-refractivity contribution in [3.8, 4) is 17.2 Å². The van der Waals surface area contributed by atoms with Crippen LogP contribution < -0.4 is 19.5 Å². The van der Waals surface area contributed by atoms with E-state index in [2.05, 4.69) is 5.32 Å². The van der Waals surface area contributed by atoms with Crippen LogP contribution in [0.25, 0.3) is 0 Å². The predicted molar refractivity (Wildman–Crippen MR) is 93.1 cm³/mol. The summed E-state index contributed by atoms with van der Waals surface area (Å²) in [6.45, 7) is 0.366. The van der Waals surface area contributed by atoms with Crippen LogP contribution in [0.3, 0.4) is 0 Å². The molecule has 8 heteroatoms. The van der Waals surface area contributed by atoms with E-state index in [9.17, 15) is 13.6 Å². The number of fused-ring (bicyclic) bond motifs is 1. The number of hydrogen-bond donors (Lipinski definition) is 1. The monoisotopic (exact) mass is 387 g/mol. The molecule has 0 saturated heterocycles. The summed E-state index contributed by atoms with van der Waals surface area (Å²) in [5, 5.41) is 2.74. The first-order chi connectivity index (χ1) is 13.6. The highest BCUT2D eigenvalue weighted by Gasteiger charge is 2.15. The molecule has 2 aromatic carbocycles. The topological polar surface area (TPSA) is 69.9 Å². The molecular weight excluding hydrogens is 372 g/mol. The molecule has 0 aliphatic carbocycles. The van der Waals surface area contributed by atoms with Gasteiger partial charge in [-0.15, -0.1) is 0 Å². The first-order valence-corrected chi connectivity index (χ1v) is 8.42. The van der Waals surface area contributed by atoms with Crippen LogP contribution in [0, 0.1) is 11.6 Å². The molecule has 6 nitrogen and oxygen atoms in total. The highest BCUT2D eigenvalue weighted by atomic mass is 19.1. The second-order valence-electron chi connectivity index (χ2n) is 6.00. The summed E-state index contributed by atoms with van der Waals surface area (Å²) in [5.41, 5.74) is 0.847. The summed E-state index contributed by atoms with van der Waals surface area (Å²) < 4.78 is 47.6. The molecule has 1 aromatic heterocycles. The molecule has 0 atom stereocenters. The van der Waals surface area contributed by atoms with Crippen LogP contribution in [0.1, 0.15) is 21.9 Å². The number of ether oxygens (including phenoxy) is 3. The quantitative estimate of drug-likeness (QED) is 0.697. The third kappa shape index (κ3) is 3.90. The maximum absolute atomic E-state index is 13.6. The van der Waals surface area contributed by atoms with Gasteiger partial charge in [-0.25, -0.2) is 8.78 Å². The lowest BCUT2D eigenvalue weighted by molar-refractivity contribution is 0.0918. The maximum Gasteiger partial charge on any atom is 0.287 e. The van der Waals surface area contributed by atoms with Crippen LogP contribution in [0.15, 0.2) is 52.9 Å². The average molecular weight is 387 g/mol. The van der Waals surface area contributed by atoms with Gasteiger partial charge < -0.3 is 23.9 Å². The lowest BCUT2D eigenvalue weighted by atomic mass is 10.2. The molecule has 4 rings (SSSR count). The van der Waals surface area contributed by atoms with Crippen molar-refractivity contribution in [3.05, 3.63) is 77.2 Å². The Morgan fingerprint density at radius 3 is 2.75 bits per heavy atom. The fourth-order valence-electron chi connectivity index (χ4n) is 2.64. The molecule has 28 heavy (non-hydrogen) atoms. The van der Waals surface area contributed by atoms with E-state index in [1.807, 2.05) is 6.07 Å². The van der Waals surface area contributed by atoms with Gasteiger partial charge in [0.15, 0.2) is 28.8 Å². The van der Waals surface area contributed by atoms with Crippen LogP contribution in [0.5, 0.6) is 17.2 Å². The van der Waals surface area contributed by atoms with E-state index < -0.39 is 17.5 Å². The van der Waals surface area contributed by atoms with Crippen molar-refractivity contribution in [1.29, 1.82) is 0 Å². The Labute approximate surface area is 158 Å². The van der Waals surface area contributed by atoms with Gasteiger partial charge >= 0.3 is 0 Å². The molecular formula is C20H15F2NO5. The third-order valence-corrected chi connectivity index (χ3v) is 4.04. The SMILES string of the molecule is O=C(NCc1ccc2c(c1)OCO2)c1ccc(COc2ccc(F)cc2F)o1. The van der Waals surface area contributed by atoms with E-state index in [0.717, 1.165) is 17.7 Å². The molecule has 0 saturated carbocycles. The molecule has 1 amide bonds. The summed E-state index contributed by atoms with van der Waals surface area (Å²) in [4.78, 5) is 12.2. The van der Waals surface area contributed by atoms with Gasteiger partial charge in [-0.3, -0.25) is 4.79 Å². The minimum atomic E-state index is -0.812. The molecule has 1 aliphatic heterocycles. The number of carbonyl (C=O) groups excluding carboxylic acids is 1. The second kappa shape index (κ2) is 7.59. The fourth-order valence-corrected chi connectivity index (χ4v) is 2.64. The summed E-state index contributed by atoms with van der Waals surface area (Å²) in [5.74, 6) is -0.280. The lowest BCUT2D eigenvalue weighted by Crippen LogP contribution is -2.22. The van der Waals surface area contributed by atoms with Gasteiger partial charge in [0, 0.05) is 12.6 Å². The van der Waals surface area contributed by atoms with Crippen molar-refractivity contribution in [2.24, 2.45) is 0 Å². The largest absolute Gasteiger partial charge is 0.483 e. The number of carbonyl (C=O) groups is 1. The first-order valence-electron chi connectivity index (χ1n) is 8.42. The highest BCUT2D eigenvalue weighted by Crippen LogP contribution is 2.32. The molecule has 3 aromatic rings. The fraction of sp³-hybridized carbons (Fsp3) is 0.150. The van der Waals surface area contributed by atoms with Gasteiger partial charge in [0.1, 0.15) is 18.2 Å². The van der Waals surface area contributed by atoms with E-state index >= 15 is 0 Å². The number of benzene rings is 2. The normalized spacial score (nSPS) is 12.1. The van der Waals surface area contributed by atoms with E-state index in [-0.39, 0.29) is 31.5 Å². The van der Waals surface area contributed by atoms with Crippen LogP contribution in [0.2, 0.25) is 0 Å². The zero-order valence-electron chi connectivity index (χ0n) is 14.5. The average Bonchev–Trinajstić information content (AvgIpc) is 3.34. The summed E-state index contributed by atoms with van der Waals surface area (Å²) >= 11 is 0. The van der Waals surface area contributed by atoms with Crippen molar-refractivity contribution in [3.63, 3.8) is 0 Å². The van der Waals surface area contributed by atoms with E-state index in [1.165, 1.54) is 12.1 Å². The Morgan fingerprint density at radius 1 is 1.04 bits per heavy atom. The van der Waals surface area contributed by atoms with Crippen molar-refractivity contribution in [2.75, 3.05) is 6.79 Å². The Morgan fingerprint density at radius 2 is 1.89 bits per heavy atom. The second-order valence-corrected chi connectivity index (χ2v) is 6.00. The molecule has 144 valence electrons. The van der Waals surface area contributed by atoms with Crippen molar-refractivity contribution >= 4 is 5.91 Å². The van der Waals surface area contributed by atoms with Crippen molar-refractivity contribution < 1.29 is 32.2 Å². The maximum atomic E-state index is 13.6. The van der Waals surface area contributed by atoms with Gasteiger partial charge in [0.2, 0.25) is 6.79 Å². The standard InChI is InChI=1S/C20H15F2NO5/c21-13-2-5-16(15(22)8-13)25-10-14-3-6-18(28-14)20(24)23-9-12-1-4-17-19(7-12)27-11-26-17/h1-8H,9-11H2,(H,23,24). The smallest absolute Gasteiger partial charge is 0.287 e. The molecule has 0 bridgehead atoms. The Kier molecular flexibility index (Phi) is 4.84. The summed E-state index contributed by atoms with van der Waals surface area (Å²) in [7, 11) is 0. The molecule has 1 N–H and O–H groups in total. The van der Waals surface area contributed by atoms with Gasteiger partial charge in [0.25, 0.3) is 5.91 Å². The Balaban J connectivity index is 1.32. The minimum Gasteiger partial charge on any atom is -0.483 e. The van der Waals surface area contributed by atoms with Gasteiger partial charge in [0.05, 0.1) is 0 Å². The van der Waals surface area contributed by atoms with Crippen molar-refractivity contribution in [1.82, 2.24) is 5.32 Å². The van der Waals surface area contributed by atoms with Crippen LogP contribution in [-0.4, -0.2) is 12.7 Å². The van der Waals surface area contributed by atoms with Crippen molar-refractivity contribution in [2.45, 2.75) is 13.2 Å². The number of rotatable bonds is 6. The minimum absolute atomic E-state index is 0.0962. The third-order valence-electron chi connectivity index (χ3n) is 4.04. The number of nitrogens with one attached hydrogen (secondary N) is 1. The zero-order valence-corrected chi connectivity index (χ0v) is 14.5. The van der Waals surface area contributed by atoms with Gasteiger partial charge in [-0.2, -0.15) is 0 Å². The Hall–Kier alpha value is -3.55. The Bertz CT molecular complexity index is 1020. The molecule has 0 fully saturated rings. The summed E-state index contributed by atoms with van der Waals surface area (Å²) in [6, 6.07) is 11.5. The van der Waals surface area contributed by atoms with E-state index in [4.69, 9.17) is 18.6 Å². The first kappa shape index (κ1) is 17.8. The molecule has 0 spiro atoms.